The van der Waals surface area contributed by atoms with E-state index in [1.807, 2.05) is 38.1 Å². The Kier molecular flexibility index (Phi) is 5.15. The minimum Gasteiger partial charge on any atom is -0.491 e. The van der Waals surface area contributed by atoms with Gasteiger partial charge in [-0.05, 0) is 31.5 Å². The van der Waals surface area contributed by atoms with Crippen molar-refractivity contribution in [2.75, 3.05) is 6.54 Å². The first-order chi connectivity index (χ1) is 9.65. The Morgan fingerprint density at radius 1 is 1.30 bits per heavy atom. The van der Waals surface area contributed by atoms with Gasteiger partial charge in [0.2, 0.25) is 0 Å². The van der Waals surface area contributed by atoms with E-state index in [2.05, 4.69) is 15.3 Å². The molecule has 0 bridgehead atoms. The zero-order valence-electron chi connectivity index (χ0n) is 11.8. The number of hydrogen-bond donors (Lipinski definition) is 3. The van der Waals surface area contributed by atoms with Crippen LogP contribution in [0.15, 0.2) is 36.7 Å². The van der Waals surface area contributed by atoms with Crippen LogP contribution in [0, 0.1) is 0 Å². The van der Waals surface area contributed by atoms with Crippen molar-refractivity contribution in [1.29, 1.82) is 0 Å². The van der Waals surface area contributed by atoms with Crippen LogP contribution < -0.4 is 10.1 Å². The molecule has 5 nitrogen and oxygen atoms in total. The van der Waals surface area contributed by atoms with E-state index in [1.54, 1.807) is 12.4 Å². The van der Waals surface area contributed by atoms with Gasteiger partial charge in [-0.25, -0.2) is 4.98 Å². The van der Waals surface area contributed by atoms with Gasteiger partial charge in [0.1, 0.15) is 11.6 Å². The van der Waals surface area contributed by atoms with Gasteiger partial charge in [-0.1, -0.05) is 12.1 Å². The van der Waals surface area contributed by atoms with Crippen molar-refractivity contribution in [3.8, 4) is 5.75 Å². The molecule has 0 radical (unpaired) electrons. The van der Waals surface area contributed by atoms with Crippen molar-refractivity contribution in [3.63, 3.8) is 0 Å². The highest BCUT2D eigenvalue weighted by Crippen LogP contribution is 2.18. The number of aliphatic hydroxyl groups is 1. The number of hydrogen-bond acceptors (Lipinski definition) is 4. The lowest BCUT2D eigenvalue weighted by molar-refractivity contribution is 0.174. The first kappa shape index (κ1) is 14.6. The molecule has 0 aliphatic rings. The molecule has 1 heterocycles. The molecule has 0 saturated carbocycles. The normalized spacial score (nSPS) is 12.6. The van der Waals surface area contributed by atoms with E-state index < -0.39 is 6.10 Å². The van der Waals surface area contributed by atoms with E-state index in [9.17, 15) is 5.11 Å². The lowest BCUT2D eigenvalue weighted by atomic mass is 10.1. The molecule has 0 amide bonds. The Labute approximate surface area is 119 Å². The Morgan fingerprint density at radius 3 is 2.65 bits per heavy atom. The van der Waals surface area contributed by atoms with Crippen LogP contribution in [0.25, 0.3) is 0 Å². The van der Waals surface area contributed by atoms with Crippen LogP contribution in [0.3, 0.4) is 0 Å². The molecule has 5 heteroatoms. The molecule has 1 aromatic carbocycles. The average Bonchev–Trinajstić information content (AvgIpc) is 2.92. The molecule has 108 valence electrons. The summed E-state index contributed by atoms with van der Waals surface area (Å²) in [6.07, 6.45) is 3.10. The minimum atomic E-state index is -0.543. The highest BCUT2D eigenvalue weighted by Gasteiger charge is 2.08. The molecule has 1 unspecified atom stereocenters. The number of rotatable bonds is 7. The predicted molar refractivity (Wildman–Crippen MR) is 77.5 cm³/mol. The third kappa shape index (κ3) is 4.36. The fourth-order valence-corrected chi connectivity index (χ4v) is 1.88. The zero-order valence-corrected chi connectivity index (χ0v) is 11.8. The van der Waals surface area contributed by atoms with Gasteiger partial charge in [0.15, 0.2) is 0 Å². The zero-order chi connectivity index (χ0) is 14.4. The molecule has 2 rings (SSSR count). The number of nitrogens with zero attached hydrogens (tertiary/aromatic N) is 1. The van der Waals surface area contributed by atoms with Crippen LogP contribution in [-0.2, 0) is 6.54 Å². The predicted octanol–water partition coefficient (Wildman–Crippen LogP) is 2.02. The molecule has 1 atom stereocenters. The monoisotopic (exact) mass is 275 g/mol. The summed E-state index contributed by atoms with van der Waals surface area (Å²) in [6, 6.07) is 7.53. The van der Waals surface area contributed by atoms with Crippen LogP contribution in [-0.4, -0.2) is 27.7 Å². The number of H-pyrrole nitrogens is 1. The van der Waals surface area contributed by atoms with Crippen molar-refractivity contribution in [2.24, 2.45) is 0 Å². The Hall–Kier alpha value is -1.85. The molecule has 0 saturated heterocycles. The van der Waals surface area contributed by atoms with Gasteiger partial charge >= 0.3 is 0 Å². The van der Waals surface area contributed by atoms with Gasteiger partial charge in [-0.3, -0.25) is 0 Å². The number of aliphatic hydroxyl groups excluding tert-OH is 1. The van der Waals surface area contributed by atoms with Crippen LogP contribution in [0.1, 0.15) is 31.3 Å². The van der Waals surface area contributed by atoms with Crippen molar-refractivity contribution in [3.05, 3.63) is 48.0 Å². The number of aromatic amines is 1. The number of aromatic nitrogens is 2. The molecular formula is C15H21N3O2. The van der Waals surface area contributed by atoms with Gasteiger partial charge in [0.05, 0.1) is 18.8 Å². The van der Waals surface area contributed by atoms with E-state index >= 15 is 0 Å². The summed E-state index contributed by atoms with van der Waals surface area (Å²) in [5.41, 5.74) is 0.869. The second kappa shape index (κ2) is 7.07. The first-order valence-electron chi connectivity index (χ1n) is 6.79. The van der Waals surface area contributed by atoms with Crippen LogP contribution >= 0.6 is 0 Å². The summed E-state index contributed by atoms with van der Waals surface area (Å²) in [4.78, 5) is 7.11. The average molecular weight is 275 g/mol. The molecule has 0 fully saturated rings. The molecule has 2 aromatic rings. The fraction of sp³-hybridized carbons (Fsp3) is 0.400. The molecule has 0 aliphatic carbocycles. The standard InChI is InChI=1S/C15H21N3O2/c1-11(2)20-13-5-3-12(4-6-13)14(19)9-16-10-15-17-7-8-18-15/h3-8,11,14,16,19H,9-10H2,1-2H3,(H,17,18). The van der Waals surface area contributed by atoms with Crippen molar-refractivity contribution in [2.45, 2.75) is 32.6 Å². The number of ether oxygens (including phenoxy) is 1. The molecule has 20 heavy (non-hydrogen) atoms. The van der Waals surface area contributed by atoms with Crippen molar-refractivity contribution in [1.82, 2.24) is 15.3 Å². The van der Waals surface area contributed by atoms with Gasteiger partial charge in [0, 0.05) is 18.9 Å². The topological polar surface area (TPSA) is 70.2 Å². The molecule has 3 N–H and O–H groups in total. The Morgan fingerprint density at radius 2 is 2.05 bits per heavy atom. The summed E-state index contributed by atoms with van der Waals surface area (Å²) in [7, 11) is 0. The van der Waals surface area contributed by atoms with Crippen LogP contribution in [0.4, 0.5) is 0 Å². The minimum absolute atomic E-state index is 0.153. The molecule has 0 spiro atoms. The summed E-state index contributed by atoms with van der Waals surface area (Å²) in [6.45, 7) is 5.06. The van der Waals surface area contributed by atoms with E-state index in [0.29, 0.717) is 13.1 Å². The Bertz CT molecular complexity index is 494. The maximum Gasteiger partial charge on any atom is 0.120 e. The highest BCUT2D eigenvalue weighted by atomic mass is 16.5. The van der Waals surface area contributed by atoms with E-state index in [4.69, 9.17) is 4.74 Å². The summed E-state index contributed by atoms with van der Waals surface area (Å²) in [5, 5.41) is 13.2. The molecule has 1 aromatic heterocycles. The fourth-order valence-electron chi connectivity index (χ4n) is 1.88. The van der Waals surface area contributed by atoms with Crippen molar-refractivity contribution < 1.29 is 9.84 Å². The van der Waals surface area contributed by atoms with Gasteiger partial charge in [-0.2, -0.15) is 0 Å². The highest BCUT2D eigenvalue weighted by molar-refractivity contribution is 5.28. The van der Waals surface area contributed by atoms with Gasteiger partial charge < -0.3 is 20.1 Å². The largest absolute Gasteiger partial charge is 0.491 e. The Balaban J connectivity index is 1.81. The summed E-state index contributed by atoms with van der Waals surface area (Å²) < 4.78 is 5.57. The lowest BCUT2D eigenvalue weighted by Gasteiger charge is -2.14. The molecule has 0 aliphatic heterocycles. The van der Waals surface area contributed by atoms with Gasteiger partial charge in [0.25, 0.3) is 0 Å². The third-order valence-electron chi connectivity index (χ3n) is 2.82. The molecular weight excluding hydrogens is 254 g/mol. The second-order valence-electron chi connectivity index (χ2n) is 4.92. The van der Waals surface area contributed by atoms with Crippen molar-refractivity contribution >= 4 is 0 Å². The first-order valence-corrected chi connectivity index (χ1v) is 6.79. The van der Waals surface area contributed by atoms with E-state index in [0.717, 1.165) is 17.1 Å². The second-order valence-corrected chi connectivity index (χ2v) is 4.92. The smallest absolute Gasteiger partial charge is 0.120 e. The lowest BCUT2D eigenvalue weighted by Crippen LogP contribution is -2.21. The number of benzene rings is 1. The van der Waals surface area contributed by atoms with Crippen LogP contribution in [0.5, 0.6) is 5.75 Å². The van der Waals surface area contributed by atoms with E-state index in [-0.39, 0.29) is 6.10 Å². The van der Waals surface area contributed by atoms with E-state index in [1.165, 1.54) is 0 Å². The third-order valence-corrected chi connectivity index (χ3v) is 2.82. The number of nitrogens with one attached hydrogen (secondary N) is 2. The van der Waals surface area contributed by atoms with Crippen LogP contribution in [0.2, 0.25) is 0 Å². The SMILES string of the molecule is CC(C)Oc1ccc(C(O)CNCc2ncc[nH]2)cc1. The summed E-state index contributed by atoms with van der Waals surface area (Å²) in [5.74, 6) is 1.68. The maximum absolute atomic E-state index is 10.1. The maximum atomic E-state index is 10.1. The number of imidazole rings is 1. The summed E-state index contributed by atoms with van der Waals surface area (Å²) >= 11 is 0. The quantitative estimate of drug-likeness (QED) is 0.723. The van der Waals surface area contributed by atoms with Gasteiger partial charge in [-0.15, -0.1) is 0 Å².